The maximum absolute atomic E-state index is 12.6. The fourth-order valence-corrected chi connectivity index (χ4v) is 4.59. The first-order valence-corrected chi connectivity index (χ1v) is 10.4. The van der Waals surface area contributed by atoms with Gasteiger partial charge in [-0.25, -0.2) is 0 Å². The molecule has 29 heavy (non-hydrogen) atoms. The Morgan fingerprint density at radius 1 is 1.14 bits per heavy atom. The number of nitro groups is 1. The summed E-state index contributed by atoms with van der Waals surface area (Å²) in [6.07, 6.45) is 0.983. The van der Waals surface area contributed by atoms with Gasteiger partial charge in [0.05, 0.1) is 11.0 Å². The molecule has 3 aromatic rings. The molecule has 0 aliphatic carbocycles. The van der Waals surface area contributed by atoms with Crippen molar-refractivity contribution < 1.29 is 9.72 Å². The molecule has 0 spiro atoms. The van der Waals surface area contributed by atoms with Crippen LogP contribution in [0.5, 0.6) is 0 Å². The highest BCUT2D eigenvalue weighted by Gasteiger charge is 2.26. The molecule has 148 valence electrons. The average Bonchev–Trinajstić information content (AvgIpc) is 3.28. The molecule has 7 heteroatoms. The number of rotatable bonds is 6. The topological polar surface area (TPSA) is 75.5 Å². The Labute approximate surface area is 172 Å². The maximum Gasteiger partial charge on any atom is 0.270 e. The van der Waals surface area contributed by atoms with Gasteiger partial charge in [0.2, 0.25) is 0 Å². The molecule has 6 nitrogen and oxygen atoms in total. The molecule has 1 aliphatic rings. The highest BCUT2D eigenvalue weighted by Crippen LogP contribution is 2.30. The van der Waals surface area contributed by atoms with Gasteiger partial charge in [0.15, 0.2) is 0 Å². The zero-order chi connectivity index (χ0) is 20.2. The number of nitro benzene ring substituents is 1. The van der Waals surface area contributed by atoms with Crippen molar-refractivity contribution in [2.24, 2.45) is 0 Å². The standard InChI is InChI=1S/C22H21N3O3S/c26-22(17-7-3-8-19(13-17)25(27)28)23-14-20(21-9-4-12-29-21)24-11-10-16-5-1-2-6-18(16)15-24/h1-9,12-13,20H,10-11,14-15H2,(H,23,26)/t20-/m1/s1. The molecule has 0 radical (unpaired) electrons. The second kappa shape index (κ2) is 8.55. The predicted octanol–water partition coefficient (Wildman–Crippen LogP) is 4.19. The fourth-order valence-electron chi connectivity index (χ4n) is 3.73. The monoisotopic (exact) mass is 407 g/mol. The molecule has 0 saturated carbocycles. The van der Waals surface area contributed by atoms with Crippen molar-refractivity contribution in [3.05, 3.63) is 97.7 Å². The van der Waals surface area contributed by atoms with Gasteiger partial charge in [-0.2, -0.15) is 0 Å². The van der Waals surface area contributed by atoms with Gasteiger partial charge in [0.25, 0.3) is 11.6 Å². The van der Waals surface area contributed by atoms with Crippen LogP contribution in [-0.4, -0.2) is 28.8 Å². The minimum Gasteiger partial charge on any atom is -0.350 e. The first-order chi connectivity index (χ1) is 14.1. The molecule has 0 unspecified atom stereocenters. The molecular weight excluding hydrogens is 386 g/mol. The van der Waals surface area contributed by atoms with Gasteiger partial charge in [-0.15, -0.1) is 11.3 Å². The fraction of sp³-hybridized carbons (Fsp3) is 0.227. The number of thiophene rings is 1. The van der Waals surface area contributed by atoms with Crippen molar-refractivity contribution in [3.63, 3.8) is 0 Å². The molecule has 0 bridgehead atoms. The average molecular weight is 407 g/mol. The molecule has 1 aliphatic heterocycles. The number of carbonyl (C=O) groups excluding carboxylic acids is 1. The number of benzene rings is 2. The van der Waals surface area contributed by atoms with E-state index in [2.05, 4.69) is 40.5 Å². The van der Waals surface area contributed by atoms with Crippen molar-refractivity contribution in [1.29, 1.82) is 0 Å². The lowest BCUT2D eigenvalue weighted by molar-refractivity contribution is -0.384. The molecule has 0 saturated heterocycles. The Bertz CT molecular complexity index is 1020. The maximum atomic E-state index is 12.6. The van der Waals surface area contributed by atoms with E-state index in [0.29, 0.717) is 12.1 Å². The number of amides is 1. The van der Waals surface area contributed by atoms with Crippen LogP contribution in [0.15, 0.2) is 66.0 Å². The Morgan fingerprint density at radius 2 is 1.97 bits per heavy atom. The Morgan fingerprint density at radius 3 is 2.72 bits per heavy atom. The van der Waals surface area contributed by atoms with Gasteiger partial charge < -0.3 is 5.32 Å². The van der Waals surface area contributed by atoms with E-state index in [1.807, 2.05) is 11.4 Å². The number of hydrogen-bond donors (Lipinski definition) is 1. The van der Waals surface area contributed by atoms with Crippen molar-refractivity contribution in [3.8, 4) is 0 Å². The molecule has 1 atom stereocenters. The van der Waals surface area contributed by atoms with E-state index in [1.165, 1.54) is 34.2 Å². The summed E-state index contributed by atoms with van der Waals surface area (Å²) in [5.41, 5.74) is 2.92. The van der Waals surface area contributed by atoms with Crippen LogP contribution >= 0.6 is 11.3 Å². The van der Waals surface area contributed by atoms with Crippen LogP contribution in [0.1, 0.15) is 32.4 Å². The molecular formula is C22H21N3O3S. The van der Waals surface area contributed by atoms with Crippen molar-refractivity contribution in [2.75, 3.05) is 13.1 Å². The summed E-state index contributed by atoms with van der Waals surface area (Å²) in [6.45, 7) is 2.21. The van der Waals surface area contributed by atoms with E-state index in [4.69, 9.17) is 0 Å². The van der Waals surface area contributed by atoms with Gasteiger partial charge >= 0.3 is 0 Å². The zero-order valence-corrected chi connectivity index (χ0v) is 16.6. The van der Waals surface area contributed by atoms with Crippen LogP contribution in [0.2, 0.25) is 0 Å². The largest absolute Gasteiger partial charge is 0.350 e. The summed E-state index contributed by atoms with van der Waals surface area (Å²) in [5, 5.41) is 16.0. The van der Waals surface area contributed by atoms with E-state index in [-0.39, 0.29) is 17.6 Å². The Kier molecular flexibility index (Phi) is 5.69. The van der Waals surface area contributed by atoms with Crippen molar-refractivity contribution in [1.82, 2.24) is 10.2 Å². The minimum absolute atomic E-state index is 0.0611. The summed E-state index contributed by atoms with van der Waals surface area (Å²) in [5.74, 6) is -0.298. The van der Waals surface area contributed by atoms with E-state index in [0.717, 1.165) is 19.5 Å². The summed E-state index contributed by atoms with van der Waals surface area (Å²) in [4.78, 5) is 26.7. The second-order valence-corrected chi connectivity index (χ2v) is 8.02. The van der Waals surface area contributed by atoms with Gasteiger partial charge in [0, 0.05) is 42.2 Å². The van der Waals surface area contributed by atoms with Crippen molar-refractivity contribution in [2.45, 2.75) is 19.0 Å². The third-order valence-corrected chi connectivity index (χ3v) is 6.22. The Hall–Kier alpha value is -3.03. The third kappa shape index (κ3) is 4.36. The van der Waals surface area contributed by atoms with Crippen LogP contribution in [0.3, 0.4) is 0 Å². The summed E-state index contributed by atoms with van der Waals surface area (Å²) < 4.78 is 0. The number of hydrogen-bond acceptors (Lipinski definition) is 5. The molecule has 1 amide bonds. The van der Waals surface area contributed by atoms with Gasteiger partial charge in [-0.1, -0.05) is 36.4 Å². The Balaban J connectivity index is 1.50. The van der Waals surface area contributed by atoms with E-state index in [9.17, 15) is 14.9 Å². The number of non-ortho nitro benzene ring substituents is 1. The highest BCUT2D eigenvalue weighted by molar-refractivity contribution is 7.10. The first kappa shape index (κ1) is 19.3. The lowest BCUT2D eigenvalue weighted by Crippen LogP contribution is -2.40. The van der Waals surface area contributed by atoms with Crippen LogP contribution in [-0.2, 0) is 13.0 Å². The number of carbonyl (C=O) groups is 1. The highest BCUT2D eigenvalue weighted by atomic mass is 32.1. The molecule has 0 fully saturated rings. The molecule has 1 aromatic heterocycles. The van der Waals surface area contributed by atoms with Crippen LogP contribution < -0.4 is 5.32 Å². The number of nitrogens with one attached hydrogen (secondary N) is 1. The predicted molar refractivity (Wildman–Crippen MR) is 113 cm³/mol. The van der Waals surface area contributed by atoms with Crippen LogP contribution in [0.25, 0.3) is 0 Å². The lowest BCUT2D eigenvalue weighted by Gasteiger charge is -2.35. The van der Waals surface area contributed by atoms with E-state index >= 15 is 0 Å². The molecule has 2 heterocycles. The SMILES string of the molecule is O=C(NC[C@H](c1cccs1)N1CCc2ccccc2C1)c1cccc([N+](=O)[O-])c1. The third-order valence-electron chi connectivity index (χ3n) is 5.25. The number of fused-ring (bicyclic) bond motifs is 1. The zero-order valence-electron chi connectivity index (χ0n) is 15.8. The molecule has 4 rings (SSSR count). The van der Waals surface area contributed by atoms with Crippen LogP contribution in [0.4, 0.5) is 5.69 Å². The second-order valence-electron chi connectivity index (χ2n) is 7.04. The normalized spacial score (nSPS) is 14.8. The number of nitrogens with zero attached hydrogens (tertiary/aromatic N) is 2. The van der Waals surface area contributed by atoms with Crippen LogP contribution in [0, 0.1) is 10.1 Å². The molecule has 1 N–H and O–H groups in total. The first-order valence-electron chi connectivity index (χ1n) is 9.49. The smallest absolute Gasteiger partial charge is 0.270 e. The lowest BCUT2D eigenvalue weighted by atomic mass is 9.98. The van der Waals surface area contributed by atoms with E-state index < -0.39 is 4.92 Å². The van der Waals surface area contributed by atoms with E-state index in [1.54, 1.807) is 17.4 Å². The van der Waals surface area contributed by atoms with Crippen molar-refractivity contribution >= 4 is 22.9 Å². The minimum atomic E-state index is -0.490. The quantitative estimate of drug-likeness (QED) is 0.491. The summed E-state index contributed by atoms with van der Waals surface area (Å²) >= 11 is 1.68. The van der Waals surface area contributed by atoms with Gasteiger partial charge in [0.1, 0.15) is 0 Å². The summed E-state index contributed by atoms with van der Waals surface area (Å²) in [6, 6.07) is 18.5. The van der Waals surface area contributed by atoms with Gasteiger partial charge in [-0.05, 0) is 35.1 Å². The molecule has 2 aromatic carbocycles. The van der Waals surface area contributed by atoms with Gasteiger partial charge in [-0.3, -0.25) is 19.8 Å². The summed E-state index contributed by atoms with van der Waals surface area (Å²) in [7, 11) is 0.